The molecule has 0 amide bonds. The molecule has 0 aliphatic rings. The molecule has 0 saturated heterocycles. The van der Waals surface area contributed by atoms with E-state index < -0.39 is 0 Å². The van der Waals surface area contributed by atoms with Crippen LogP contribution in [-0.2, 0) is 19.6 Å². The van der Waals surface area contributed by atoms with Crippen molar-refractivity contribution in [1.82, 2.24) is 15.3 Å². The van der Waals surface area contributed by atoms with Crippen LogP contribution in [0, 0.1) is 0 Å². The molecule has 1 aromatic heterocycles. The molecule has 4 rings (SSSR count). The van der Waals surface area contributed by atoms with Gasteiger partial charge in [-0.3, -0.25) is 0 Å². The molecular formula is C24H23Cl2N3O2. The number of hydrogen-bond acceptors (Lipinski definition) is 4. The number of aromatic nitrogens is 2. The van der Waals surface area contributed by atoms with Crippen molar-refractivity contribution in [2.45, 2.75) is 19.6 Å². The van der Waals surface area contributed by atoms with Crippen LogP contribution in [0.2, 0.25) is 10.0 Å². The first-order valence-electron chi connectivity index (χ1n) is 10.0. The SMILES string of the molecule is COc1cc(CNCCc2nc3ccccc3[nH]2)cc(Cl)c1OCc1ccccc1Cl. The third-order valence-corrected chi connectivity index (χ3v) is 5.57. The van der Waals surface area contributed by atoms with Gasteiger partial charge in [-0.25, -0.2) is 4.98 Å². The normalized spacial score (nSPS) is 11.1. The van der Waals surface area contributed by atoms with Crippen LogP contribution in [-0.4, -0.2) is 23.6 Å². The third kappa shape index (κ3) is 5.31. The highest BCUT2D eigenvalue weighted by atomic mass is 35.5. The minimum absolute atomic E-state index is 0.310. The Morgan fingerprint density at radius 2 is 1.81 bits per heavy atom. The van der Waals surface area contributed by atoms with Crippen molar-refractivity contribution in [3.8, 4) is 11.5 Å². The summed E-state index contributed by atoms with van der Waals surface area (Å²) in [6, 6.07) is 19.4. The Kier molecular flexibility index (Phi) is 6.97. The molecule has 4 aromatic rings. The average Bonchev–Trinajstić information content (AvgIpc) is 3.19. The fourth-order valence-electron chi connectivity index (χ4n) is 3.34. The molecule has 0 atom stereocenters. The maximum atomic E-state index is 6.49. The van der Waals surface area contributed by atoms with E-state index in [0.717, 1.165) is 41.0 Å². The second-order valence-corrected chi connectivity index (χ2v) is 7.93. The summed E-state index contributed by atoms with van der Waals surface area (Å²) in [6.07, 6.45) is 0.804. The summed E-state index contributed by atoms with van der Waals surface area (Å²) in [5, 5.41) is 4.58. The number of halogens is 2. The topological polar surface area (TPSA) is 59.2 Å². The standard InChI is InChI=1S/C24H23Cl2N3O2/c1-30-22-13-16(12-19(26)24(22)31-15-17-6-2-3-7-18(17)25)14-27-11-10-23-28-20-8-4-5-9-21(20)29-23/h2-9,12-13,27H,10-11,14-15H2,1H3,(H,28,29). The molecule has 0 aliphatic carbocycles. The van der Waals surface area contributed by atoms with Gasteiger partial charge >= 0.3 is 0 Å². The van der Waals surface area contributed by atoms with Crippen LogP contribution < -0.4 is 14.8 Å². The summed E-state index contributed by atoms with van der Waals surface area (Å²) in [5.41, 5.74) is 3.94. The molecule has 7 heteroatoms. The summed E-state index contributed by atoms with van der Waals surface area (Å²) in [7, 11) is 1.60. The fraction of sp³-hybridized carbons (Fsp3) is 0.208. The molecule has 0 radical (unpaired) electrons. The van der Waals surface area contributed by atoms with Gasteiger partial charge in [-0.1, -0.05) is 53.5 Å². The van der Waals surface area contributed by atoms with E-state index in [2.05, 4.69) is 15.3 Å². The largest absolute Gasteiger partial charge is 0.493 e. The van der Waals surface area contributed by atoms with Crippen molar-refractivity contribution in [3.05, 3.63) is 87.7 Å². The highest BCUT2D eigenvalue weighted by molar-refractivity contribution is 6.32. The lowest BCUT2D eigenvalue weighted by Crippen LogP contribution is -2.17. The highest BCUT2D eigenvalue weighted by Crippen LogP contribution is 2.37. The number of hydrogen-bond donors (Lipinski definition) is 2. The molecule has 1 heterocycles. The molecule has 0 aliphatic heterocycles. The van der Waals surface area contributed by atoms with Crippen LogP contribution >= 0.6 is 23.2 Å². The molecule has 0 spiro atoms. The minimum Gasteiger partial charge on any atom is -0.493 e. The number of para-hydroxylation sites is 2. The second kappa shape index (κ2) is 10.1. The van der Waals surface area contributed by atoms with Crippen molar-refractivity contribution in [1.29, 1.82) is 0 Å². The number of aromatic amines is 1. The number of nitrogens with zero attached hydrogens (tertiary/aromatic N) is 1. The van der Waals surface area contributed by atoms with Crippen LogP contribution in [0.25, 0.3) is 11.0 Å². The molecule has 160 valence electrons. The minimum atomic E-state index is 0.310. The molecule has 5 nitrogen and oxygen atoms in total. The molecule has 0 bridgehead atoms. The van der Waals surface area contributed by atoms with E-state index in [9.17, 15) is 0 Å². The van der Waals surface area contributed by atoms with Crippen LogP contribution in [0.15, 0.2) is 60.7 Å². The van der Waals surface area contributed by atoms with E-state index in [-0.39, 0.29) is 0 Å². The number of H-pyrrole nitrogens is 1. The van der Waals surface area contributed by atoms with Gasteiger partial charge in [0.05, 0.1) is 23.2 Å². The maximum Gasteiger partial charge on any atom is 0.180 e. The maximum absolute atomic E-state index is 6.49. The summed E-state index contributed by atoms with van der Waals surface area (Å²) >= 11 is 12.7. The Bertz CT molecular complexity index is 1140. The number of methoxy groups -OCH3 is 1. The zero-order chi connectivity index (χ0) is 21.6. The van der Waals surface area contributed by atoms with Crippen LogP contribution in [0.4, 0.5) is 0 Å². The summed E-state index contributed by atoms with van der Waals surface area (Å²) in [6.45, 7) is 1.75. The van der Waals surface area contributed by atoms with Crippen molar-refractivity contribution in [2.75, 3.05) is 13.7 Å². The lowest BCUT2D eigenvalue weighted by molar-refractivity contribution is 0.284. The van der Waals surface area contributed by atoms with Crippen molar-refractivity contribution >= 4 is 34.2 Å². The number of ether oxygens (including phenoxy) is 2. The molecule has 3 aromatic carbocycles. The first-order valence-corrected chi connectivity index (χ1v) is 10.8. The van der Waals surface area contributed by atoms with Gasteiger partial charge in [-0.15, -0.1) is 0 Å². The monoisotopic (exact) mass is 455 g/mol. The number of fused-ring (bicyclic) bond motifs is 1. The van der Waals surface area contributed by atoms with Crippen molar-refractivity contribution in [2.24, 2.45) is 0 Å². The summed E-state index contributed by atoms with van der Waals surface area (Å²) in [4.78, 5) is 7.94. The Hall–Kier alpha value is -2.73. The summed E-state index contributed by atoms with van der Waals surface area (Å²) in [5.74, 6) is 2.07. The van der Waals surface area contributed by atoms with Crippen molar-refractivity contribution in [3.63, 3.8) is 0 Å². The van der Waals surface area contributed by atoms with E-state index in [1.165, 1.54) is 0 Å². The first kappa shape index (κ1) is 21.5. The van der Waals surface area contributed by atoms with Gasteiger partial charge in [0.15, 0.2) is 11.5 Å². The average molecular weight is 456 g/mol. The van der Waals surface area contributed by atoms with Gasteiger partial charge in [0.2, 0.25) is 0 Å². The van der Waals surface area contributed by atoms with E-state index in [1.807, 2.05) is 60.7 Å². The molecule has 31 heavy (non-hydrogen) atoms. The van der Waals surface area contributed by atoms with Crippen LogP contribution in [0.5, 0.6) is 11.5 Å². The first-order chi connectivity index (χ1) is 15.1. The van der Waals surface area contributed by atoms with E-state index >= 15 is 0 Å². The predicted octanol–water partition coefficient (Wildman–Crippen LogP) is 5.79. The number of rotatable bonds is 9. The van der Waals surface area contributed by atoms with Gasteiger partial charge in [0, 0.05) is 30.1 Å². The zero-order valence-corrected chi connectivity index (χ0v) is 18.6. The van der Waals surface area contributed by atoms with Crippen LogP contribution in [0.1, 0.15) is 17.0 Å². The Labute approximate surface area is 191 Å². The number of benzene rings is 3. The third-order valence-electron chi connectivity index (χ3n) is 4.93. The van der Waals surface area contributed by atoms with Gasteiger partial charge in [-0.05, 0) is 35.9 Å². The Balaban J connectivity index is 1.35. The quantitative estimate of drug-likeness (QED) is 0.313. The number of nitrogens with one attached hydrogen (secondary N) is 2. The Morgan fingerprint density at radius 3 is 2.61 bits per heavy atom. The zero-order valence-electron chi connectivity index (χ0n) is 17.1. The van der Waals surface area contributed by atoms with E-state index in [4.69, 9.17) is 32.7 Å². The van der Waals surface area contributed by atoms with Gasteiger partial charge in [0.25, 0.3) is 0 Å². The molecule has 0 fully saturated rings. The summed E-state index contributed by atoms with van der Waals surface area (Å²) < 4.78 is 11.4. The Morgan fingerprint density at radius 1 is 1.00 bits per heavy atom. The lowest BCUT2D eigenvalue weighted by atomic mass is 10.2. The predicted molar refractivity (Wildman–Crippen MR) is 125 cm³/mol. The fourth-order valence-corrected chi connectivity index (χ4v) is 3.82. The number of imidazole rings is 1. The van der Waals surface area contributed by atoms with Gasteiger partial charge < -0.3 is 19.8 Å². The molecule has 0 unspecified atom stereocenters. The van der Waals surface area contributed by atoms with E-state index in [0.29, 0.717) is 34.7 Å². The van der Waals surface area contributed by atoms with E-state index in [1.54, 1.807) is 7.11 Å². The molecular weight excluding hydrogens is 433 g/mol. The van der Waals surface area contributed by atoms with Gasteiger partial charge in [-0.2, -0.15) is 0 Å². The smallest absolute Gasteiger partial charge is 0.180 e. The second-order valence-electron chi connectivity index (χ2n) is 7.12. The van der Waals surface area contributed by atoms with Crippen molar-refractivity contribution < 1.29 is 9.47 Å². The molecule has 2 N–H and O–H groups in total. The van der Waals surface area contributed by atoms with Crippen LogP contribution in [0.3, 0.4) is 0 Å². The molecule has 0 saturated carbocycles. The highest BCUT2D eigenvalue weighted by Gasteiger charge is 2.13. The lowest BCUT2D eigenvalue weighted by Gasteiger charge is -2.15. The van der Waals surface area contributed by atoms with Gasteiger partial charge in [0.1, 0.15) is 12.4 Å².